The van der Waals surface area contributed by atoms with Gasteiger partial charge in [0, 0.05) is 0 Å². The van der Waals surface area contributed by atoms with Crippen molar-refractivity contribution >= 4 is 23.2 Å². The van der Waals surface area contributed by atoms with Crippen LogP contribution in [0.2, 0.25) is 10.4 Å². The monoisotopic (exact) mass is 246 g/mol. The zero-order chi connectivity index (χ0) is 10.8. The van der Waals surface area contributed by atoms with Gasteiger partial charge in [-0.15, -0.1) is 0 Å². The van der Waals surface area contributed by atoms with E-state index in [1.165, 1.54) is 0 Å². The molecular weight excluding hydrogens is 244 g/mol. The quantitative estimate of drug-likeness (QED) is 0.595. The van der Waals surface area contributed by atoms with Gasteiger partial charge in [0.1, 0.15) is 0 Å². The molecule has 0 N–H and O–H groups in total. The van der Waals surface area contributed by atoms with Crippen molar-refractivity contribution in [3.8, 4) is 5.75 Å². The lowest BCUT2D eigenvalue weighted by atomic mass is 10.6. The Labute approximate surface area is 86.8 Å². The molecule has 3 nitrogen and oxygen atoms in total. The summed E-state index contributed by atoms with van der Waals surface area (Å²) in [4.78, 5) is 6.82. The lowest BCUT2D eigenvalue weighted by molar-refractivity contribution is -0.153. The Kier molecular flexibility index (Phi) is 3.38. The summed E-state index contributed by atoms with van der Waals surface area (Å²) in [5.41, 5.74) is 0. The lowest BCUT2D eigenvalue weighted by Crippen LogP contribution is -2.19. The summed E-state index contributed by atoms with van der Waals surface area (Å²) in [5.74, 6) is -0.256. The highest BCUT2D eigenvalue weighted by Gasteiger charge is 2.29. The van der Waals surface area contributed by atoms with Crippen LogP contribution in [0.15, 0.2) is 6.20 Å². The molecule has 1 heterocycles. The number of nitrogens with zero attached hydrogens (tertiary/aromatic N) is 2. The Morgan fingerprint density at radius 3 is 2.50 bits per heavy atom. The van der Waals surface area contributed by atoms with Crippen molar-refractivity contribution in [3.63, 3.8) is 0 Å². The number of ether oxygens (including phenoxy) is 1. The first-order valence-electron chi connectivity index (χ1n) is 3.26. The first-order chi connectivity index (χ1) is 6.38. The summed E-state index contributed by atoms with van der Waals surface area (Å²) in [6, 6.07) is 0. The van der Waals surface area contributed by atoms with E-state index in [4.69, 9.17) is 23.2 Å². The van der Waals surface area contributed by atoms with Gasteiger partial charge in [0.15, 0.2) is 17.5 Å². The molecule has 0 aliphatic heterocycles. The van der Waals surface area contributed by atoms with Gasteiger partial charge in [0.05, 0.1) is 6.20 Å². The van der Waals surface area contributed by atoms with Crippen LogP contribution in [0, 0.1) is 0 Å². The fraction of sp³-hybridized carbons (Fsp3) is 0.333. The van der Waals surface area contributed by atoms with Crippen molar-refractivity contribution in [2.45, 2.75) is 6.18 Å². The Bertz CT molecular complexity index is 331. The standard InChI is InChI=1S/C6H3Cl2F3N2O/c7-4-3(1-12-5(8)13-4)14-2-6(9,10)11/h1H,2H2. The molecule has 0 fully saturated rings. The molecule has 0 saturated heterocycles. The van der Waals surface area contributed by atoms with Gasteiger partial charge < -0.3 is 4.74 Å². The van der Waals surface area contributed by atoms with Gasteiger partial charge in [-0.25, -0.2) is 9.97 Å². The fourth-order valence-electron chi connectivity index (χ4n) is 0.587. The van der Waals surface area contributed by atoms with Gasteiger partial charge in [-0.05, 0) is 11.6 Å². The molecule has 0 saturated carbocycles. The molecule has 1 aromatic heterocycles. The maximum atomic E-state index is 11.7. The number of rotatable bonds is 2. The van der Waals surface area contributed by atoms with Crippen LogP contribution in [0.25, 0.3) is 0 Å². The van der Waals surface area contributed by atoms with E-state index in [0.717, 1.165) is 6.20 Å². The first-order valence-corrected chi connectivity index (χ1v) is 4.01. The van der Waals surface area contributed by atoms with Crippen molar-refractivity contribution in [3.05, 3.63) is 16.6 Å². The van der Waals surface area contributed by atoms with Crippen molar-refractivity contribution in [2.75, 3.05) is 6.61 Å². The highest BCUT2D eigenvalue weighted by atomic mass is 35.5. The van der Waals surface area contributed by atoms with E-state index >= 15 is 0 Å². The molecule has 0 aromatic carbocycles. The van der Waals surface area contributed by atoms with Crippen LogP contribution in [0.5, 0.6) is 5.75 Å². The third kappa shape index (κ3) is 3.55. The van der Waals surface area contributed by atoms with Crippen LogP contribution < -0.4 is 4.74 Å². The topological polar surface area (TPSA) is 35.0 Å². The van der Waals surface area contributed by atoms with Crippen LogP contribution in [-0.4, -0.2) is 22.8 Å². The van der Waals surface area contributed by atoms with Crippen LogP contribution >= 0.6 is 23.2 Å². The van der Waals surface area contributed by atoms with Crippen molar-refractivity contribution in [2.24, 2.45) is 0 Å². The molecule has 0 radical (unpaired) electrons. The SMILES string of the molecule is FC(F)(F)COc1cnc(Cl)nc1Cl. The summed E-state index contributed by atoms with van der Waals surface area (Å²) in [6.45, 7) is -1.45. The molecular formula is C6H3Cl2F3N2O. The van der Waals surface area contributed by atoms with E-state index < -0.39 is 12.8 Å². The van der Waals surface area contributed by atoms with Crippen molar-refractivity contribution in [1.82, 2.24) is 9.97 Å². The largest absolute Gasteiger partial charge is 0.479 e. The molecule has 0 atom stereocenters. The second-order valence-corrected chi connectivity index (χ2v) is 2.89. The van der Waals surface area contributed by atoms with Crippen molar-refractivity contribution in [1.29, 1.82) is 0 Å². The number of alkyl halides is 3. The molecule has 0 aliphatic rings. The predicted octanol–water partition coefficient (Wildman–Crippen LogP) is 2.72. The molecule has 1 rings (SSSR count). The smallest absolute Gasteiger partial charge is 0.422 e. The summed E-state index contributed by atoms with van der Waals surface area (Å²) >= 11 is 10.8. The van der Waals surface area contributed by atoms with Gasteiger partial charge in [-0.3, -0.25) is 0 Å². The van der Waals surface area contributed by atoms with Gasteiger partial charge >= 0.3 is 6.18 Å². The number of halogens is 5. The molecule has 0 amide bonds. The van der Waals surface area contributed by atoms with Crippen LogP contribution in [-0.2, 0) is 0 Å². The molecule has 0 spiro atoms. The summed E-state index contributed by atoms with van der Waals surface area (Å²) in [6.07, 6.45) is -3.45. The zero-order valence-corrected chi connectivity index (χ0v) is 7.99. The predicted molar refractivity (Wildman–Crippen MR) is 43.6 cm³/mol. The van der Waals surface area contributed by atoms with Crippen molar-refractivity contribution < 1.29 is 17.9 Å². The Hall–Kier alpha value is -0.750. The van der Waals surface area contributed by atoms with Crippen LogP contribution in [0.3, 0.4) is 0 Å². The highest BCUT2D eigenvalue weighted by Crippen LogP contribution is 2.24. The fourth-order valence-corrected chi connectivity index (χ4v) is 0.946. The lowest BCUT2D eigenvalue weighted by Gasteiger charge is -2.08. The molecule has 1 aromatic rings. The van der Waals surface area contributed by atoms with Gasteiger partial charge in [-0.1, -0.05) is 11.6 Å². The van der Waals surface area contributed by atoms with Crippen LogP contribution in [0.4, 0.5) is 13.2 Å². The molecule has 0 bridgehead atoms. The Morgan fingerprint density at radius 2 is 2.00 bits per heavy atom. The van der Waals surface area contributed by atoms with E-state index in [0.29, 0.717) is 0 Å². The average molecular weight is 247 g/mol. The first kappa shape index (κ1) is 11.3. The number of hydrogen-bond donors (Lipinski definition) is 0. The second kappa shape index (κ2) is 4.18. The zero-order valence-electron chi connectivity index (χ0n) is 6.48. The molecule has 8 heteroatoms. The highest BCUT2D eigenvalue weighted by molar-refractivity contribution is 6.32. The summed E-state index contributed by atoms with van der Waals surface area (Å²) < 4.78 is 39.5. The number of aromatic nitrogens is 2. The van der Waals surface area contributed by atoms with E-state index in [9.17, 15) is 13.2 Å². The second-order valence-electron chi connectivity index (χ2n) is 2.20. The van der Waals surface area contributed by atoms with Gasteiger partial charge in [0.2, 0.25) is 5.28 Å². The Balaban J connectivity index is 2.68. The molecule has 14 heavy (non-hydrogen) atoms. The van der Waals surface area contributed by atoms with Gasteiger partial charge in [0.25, 0.3) is 0 Å². The minimum atomic E-state index is -4.43. The van der Waals surface area contributed by atoms with Gasteiger partial charge in [-0.2, -0.15) is 13.2 Å². The summed E-state index contributed by atoms with van der Waals surface area (Å²) in [7, 11) is 0. The van der Waals surface area contributed by atoms with E-state index in [1.807, 2.05) is 0 Å². The third-order valence-electron chi connectivity index (χ3n) is 1.07. The maximum absolute atomic E-state index is 11.7. The minimum Gasteiger partial charge on any atom is -0.479 e. The Morgan fingerprint density at radius 1 is 1.36 bits per heavy atom. The van der Waals surface area contributed by atoms with E-state index in [1.54, 1.807) is 0 Å². The molecule has 78 valence electrons. The van der Waals surface area contributed by atoms with E-state index in [-0.39, 0.29) is 16.2 Å². The number of hydrogen-bond acceptors (Lipinski definition) is 3. The normalized spacial score (nSPS) is 11.5. The average Bonchev–Trinajstić information content (AvgIpc) is 2.00. The third-order valence-corrected chi connectivity index (χ3v) is 1.53. The summed E-state index contributed by atoms with van der Waals surface area (Å²) in [5, 5.41) is -0.413. The minimum absolute atomic E-state index is 0.158. The molecule has 0 unspecified atom stereocenters. The van der Waals surface area contributed by atoms with Crippen LogP contribution in [0.1, 0.15) is 0 Å². The molecule has 0 aliphatic carbocycles. The maximum Gasteiger partial charge on any atom is 0.422 e. The van der Waals surface area contributed by atoms with E-state index in [2.05, 4.69) is 14.7 Å².